The number of rotatable bonds is 6. The minimum Gasteiger partial charge on any atom is -0.351 e. The van der Waals surface area contributed by atoms with Crippen LogP contribution in [-0.4, -0.2) is 56.2 Å². The number of aliphatic imine (C=N–C) groups is 1. The lowest BCUT2D eigenvalue weighted by Crippen LogP contribution is -2.50. The molecule has 0 atom stereocenters. The van der Waals surface area contributed by atoms with Gasteiger partial charge in [-0.2, -0.15) is 4.31 Å². The highest BCUT2D eigenvalue weighted by Gasteiger charge is 2.47. The van der Waals surface area contributed by atoms with Crippen LogP contribution in [0.25, 0.3) is 6.08 Å². The van der Waals surface area contributed by atoms with Crippen molar-refractivity contribution in [1.82, 2.24) is 9.62 Å². The Kier molecular flexibility index (Phi) is 7.07. The third-order valence-corrected chi connectivity index (χ3v) is 8.35. The third-order valence-electron chi connectivity index (χ3n) is 6.79. The van der Waals surface area contributed by atoms with Gasteiger partial charge in [0.25, 0.3) is 5.91 Å². The van der Waals surface area contributed by atoms with Crippen molar-refractivity contribution in [3.05, 3.63) is 64.1 Å². The van der Waals surface area contributed by atoms with Crippen LogP contribution < -0.4 is 20.9 Å². The quantitative estimate of drug-likeness (QED) is 0.594. The van der Waals surface area contributed by atoms with Crippen LogP contribution in [0.1, 0.15) is 35.1 Å². The Bertz CT molecular complexity index is 1390. The largest absolute Gasteiger partial charge is 0.351 e. The number of aryl methyl sites for hydroxylation is 2. The molecule has 2 aromatic carbocycles. The Morgan fingerprint density at radius 1 is 1.22 bits per heavy atom. The van der Waals surface area contributed by atoms with E-state index in [0.29, 0.717) is 17.1 Å². The van der Waals surface area contributed by atoms with Crippen LogP contribution in [0.5, 0.6) is 5.75 Å². The Labute approximate surface area is 214 Å². The van der Waals surface area contributed by atoms with Crippen LogP contribution in [0.2, 0.25) is 0 Å². The fourth-order valence-electron chi connectivity index (χ4n) is 4.57. The number of sulfonamides is 1. The summed E-state index contributed by atoms with van der Waals surface area (Å²) in [5.74, 6) is -0.0199. The van der Waals surface area contributed by atoms with Crippen molar-refractivity contribution in [3.63, 3.8) is 0 Å². The van der Waals surface area contributed by atoms with Crippen LogP contribution in [0.4, 0.5) is 15.0 Å². The molecule has 0 saturated carbocycles. The maximum Gasteiger partial charge on any atom is 0.318 e. The highest BCUT2D eigenvalue weighted by atomic mass is 32.2. The molecular formula is C25H28FN5O5S. The predicted molar refractivity (Wildman–Crippen MR) is 138 cm³/mol. The summed E-state index contributed by atoms with van der Waals surface area (Å²) in [6.45, 7) is 3.88. The summed E-state index contributed by atoms with van der Waals surface area (Å²) >= 11 is 0. The zero-order chi connectivity index (χ0) is 27.0. The number of benzene rings is 2. The Balaban J connectivity index is 1.49. The van der Waals surface area contributed by atoms with Gasteiger partial charge in [0.05, 0.1) is 0 Å². The lowest BCUT2D eigenvalue weighted by molar-refractivity contribution is -0.124. The molecule has 0 radical (unpaired) electrons. The normalized spacial score (nSPS) is 17.6. The van der Waals surface area contributed by atoms with Gasteiger partial charge >= 0.3 is 6.03 Å². The molecule has 0 aliphatic carbocycles. The predicted octanol–water partition coefficient (Wildman–Crippen LogP) is 2.79. The fraction of sp³-hybridized carbons (Fsp3) is 0.320. The maximum absolute atomic E-state index is 13.1. The second kappa shape index (κ2) is 9.94. The van der Waals surface area contributed by atoms with E-state index in [1.165, 1.54) is 27.4 Å². The van der Waals surface area contributed by atoms with E-state index in [9.17, 15) is 22.5 Å². The van der Waals surface area contributed by atoms with Crippen LogP contribution in [0, 0.1) is 13.8 Å². The lowest BCUT2D eigenvalue weighted by Gasteiger charge is -2.34. The molecule has 1 saturated heterocycles. The number of hydrogen-bond acceptors (Lipinski definition) is 6. The molecule has 0 unspecified atom stereocenters. The van der Waals surface area contributed by atoms with E-state index in [1.807, 2.05) is 13.8 Å². The summed E-state index contributed by atoms with van der Waals surface area (Å²) in [5.41, 5.74) is 7.68. The van der Waals surface area contributed by atoms with Crippen molar-refractivity contribution >= 4 is 39.6 Å². The Hall–Kier alpha value is -3.77. The molecule has 0 aromatic heterocycles. The standard InChI is InChI=1S/C25H28FN5O5S/c1-16-13-19(30(3)24(27)33)14-17(2)21(16)7-12-37(34,35)31-10-8-25(9-11-31)23(32)28-22(29-25)18-5-4-6-20(15-18)36-26/h4-7,12-15H,8-11H2,1-3H3,(H2,27,33)(H,28,29,32)/b12-7+. The summed E-state index contributed by atoms with van der Waals surface area (Å²) in [4.78, 5) is 33.9. The number of anilines is 1. The first kappa shape index (κ1) is 26.3. The van der Waals surface area contributed by atoms with Gasteiger partial charge < -0.3 is 11.1 Å². The number of urea groups is 1. The van der Waals surface area contributed by atoms with Crippen molar-refractivity contribution < 1.29 is 27.5 Å². The summed E-state index contributed by atoms with van der Waals surface area (Å²) in [6.07, 6.45) is 1.96. The van der Waals surface area contributed by atoms with Gasteiger partial charge in [0, 0.05) is 41.3 Å². The van der Waals surface area contributed by atoms with E-state index in [0.717, 1.165) is 22.1 Å². The smallest absolute Gasteiger partial charge is 0.318 e. The molecule has 2 heterocycles. The van der Waals surface area contributed by atoms with Crippen molar-refractivity contribution in [2.75, 3.05) is 25.0 Å². The Morgan fingerprint density at radius 3 is 2.46 bits per heavy atom. The number of nitrogens with one attached hydrogen (secondary N) is 1. The van der Waals surface area contributed by atoms with Gasteiger partial charge in [-0.25, -0.2) is 13.2 Å². The van der Waals surface area contributed by atoms with Gasteiger partial charge in [-0.3, -0.25) is 19.6 Å². The number of amides is 3. The first-order valence-electron chi connectivity index (χ1n) is 11.6. The molecule has 4 rings (SSSR count). The molecule has 0 bridgehead atoms. The van der Waals surface area contributed by atoms with Gasteiger partial charge in [-0.05, 0) is 73.7 Å². The monoisotopic (exact) mass is 529 g/mol. The molecule has 10 nitrogen and oxygen atoms in total. The first-order chi connectivity index (χ1) is 17.5. The minimum atomic E-state index is -3.76. The number of amidine groups is 1. The molecule has 3 amide bonds. The maximum atomic E-state index is 13.1. The topological polar surface area (TPSA) is 134 Å². The van der Waals surface area contributed by atoms with Crippen LogP contribution in [0.15, 0.2) is 46.8 Å². The number of carbonyl (C=O) groups excluding carboxylic acids is 2. The molecule has 2 aliphatic rings. The summed E-state index contributed by atoms with van der Waals surface area (Å²) < 4.78 is 40.0. The molecule has 2 aromatic rings. The van der Waals surface area contributed by atoms with Crippen LogP contribution in [-0.2, 0) is 14.8 Å². The number of piperidine rings is 1. The number of nitrogens with zero attached hydrogens (tertiary/aromatic N) is 3. The van der Waals surface area contributed by atoms with E-state index in [2.05, 4.69) is 15.3 Å². The molecule has 1 spiro atoms. The van der Waals surface area contributed by atoms with Gasteiger partial charge in [0.1, 0.15) is 11.4 Å². The van der Waals surface area contributed by atoms with E-state index >= 15 is 0 Å². The average Bonchev–Trinajstić information content (AvgIpc) is 3.18. The second-order valence-corrected chi connectivity index (χ2v) is 11.0. The second-order valence-electron chi connectivity index (χ2n) is 9.19. The number of hydrogen-bond donors (Lipinski definition) is 2. The van der Waals surface area contributed by atoms with E-state index in [4.69, 9.17) is 5.73 Å². The van der Waals surface area contributed by atoms with Crippen molar-refractivity contribution in [1.29, 1.82) is 0 Å². The summed E-state index contributed by atoms with van der Waals surface area (Å²) in [7, 11) is -2.20. The molecule has 3 N–H and O–H groups in total. The zero-order valence-corrected chi connectivity index (χ0v) is 21.5. The van der Waals surface area contributed by atoms with Gasteiger partial charge in [0.2, 0.25) is 10.0 Å². The van der Waals surface area contributed by atoms with Crippen molar-refractivity contribution in [2.45, 2.75) is 32.2 Å². The van der Waals surface area contributed by atoms with Gasteiger partial charge in [0.15, 0.2) is 5.75 Å². The van der Waals surface area contributed by atoms with Crippen molar-refractivity contribution in [3.8, 4) is 5.75 Å². The molecule has 37 heavy (non-hydrogen) atoms. The fourth-order valence-corrected chi connectivity index (χ4v) is 5.74. The van der Waals surface area contributed by atoms with Crippen molar-refractivity contribution in [2.24, 2.45) is 10.7 Å². The molecule has 1 fully saturated rings. The molecule has 196 valence electrons. The average molecular weight is 530 g/mol. The number of halogens is 1. The molecular weight excluding hydrogens is 501 g/mol. The minimum absolute atomic E-state index is 0.0110. The SMILES string of the molecule is Cc1cc(N(C)C(N)=O)cc(C)c1/C=C/S(=O)(=O)N1CCC2(CC1)N=C(c1cccc(OF)c1)NC2=O. The highest BCUT2D eigenvalue weighted by molar-refractivity contribution is 7.92. The van der Waals surface area contributed by atoms with Crippen LogP contribution in [0.3, 0.4) is 0 Å². The highest BCUT2D eigenvalue weighted by Crippen LogP contribution is 2.33. The van der Waals surface area contributed by atoms with Gasteiger partial charge in [-0.1, -0.05) is 12.1 Å². The summed E-state index contributed by atoms with van der Waals surface area (Å²) in [6, 6.07) is 9.04. The zero-order valence-electron chi connectivity index (χ0n) is 20.7. The number of nitrogens with two attached hydrogens (primary N) is 1. The first-order valence-corrected chi connectivity index (χ1v) is 13.1. The molecule has 2 aliphatic heterocycles. The lowest BCUT2D eigenvalue weighted by atomic mass is 9.89. The van der Waals surface area contributed by atoms with Gasteiger partial charge in [-0.15, -0.1) is 0 Å². The van der Waals surface area contributed by atoms with E-state index < -0.39 is 21.6 Å². The molecule has 12 heteroatoms. The number of carbonyl (C=O) groups is 2. The summed E-state index contributed by atoms with van der Waals surface area (Å²) in [5, 5.41) is 3.89. The van der Waals surface area contributed by atoms with Crippen LogP contribution >= 0.6 is 0 Å². The third kappa shape index (κ3) is 5.20. The number of primary amides is 1. The van der Waals surface area contributed by atoms with E-state index in [1.54, 1.807) is 31.3 Å². The Morgan fingerprint density at radius 2 is 1.86 bits per heavy atom. The van der Waals surface area contributed by atoms with E-state index in [-0.39, 0.29) is 37.6 Å².